The Morgan fingerprint density at radius 1 is 0.958 bits per heavy atom. The third-order valence-electron chi connectivity index (χ3n) is 3.48. The number of imide groups is 1. The minimum atomic E-state index is -3.85. The standard InChI is InChI=1S/C15H14N4O4S/c20-13-3-1-4-14(21)19(13)11-5-7-12(8-6-11)24(22,23)18-15-16-9-2-10-17-15/h2,5-10H,1,3-4H2,(H,16,17,18). The average molecular weight is 346 g/mol. The molecule has 8 nitrogen and oxygen atoms in total. The summed E-state index contributed by atoms with van der Waals surface area (Å²) in [5.41, 5.74) is 0.361. The molecule has 0 unspecified atom stereocenters. The first-order valence-electron chi connectivity index (χ1n) is 7.23. The second-order valence-corrected chi connectivity index (χ2v) is 6.83. The van der Waals surface area contributed by atoms with Crippen LogP contribution in [0.1, 0.15) is 19.3 Å². The van der Waals surface area contributed by atoms with Gasteiger partial charge in [-0.15, -0.1) is 0 Å². The molecule has 0 saturated carbocycles. The average Bonchev–Trinajstić information content (AvgIpc) is 2.56. The van der Waals surface area contributed by atoms with Gasteiger partial charge in [0.25, 0.3) is 10.0 Å². The molecule has 0 spiro atoms. The number of rotatable bonds is 4. The van der Waals surface area contributed by atoms with Crippen LogP contribution in [0.15, 0.2) is 47.6 Å². The molecule has 3 rings (SSSR count). The maximum atomic E-state index is 12.3. The predicted molar refractivity (Wildman–Crippen MR) is 85.6 cm³/mol. The molecule has 24 heavy (non-hydrogen) atoms. The lowest BCUT2D eigenvalue weighted by Gasteiger charge is -2.24. The number of hydrogen-bond acceptors (Lipinski definition) is 6. The van der Waals surface area contributed by atoms with Crippen LogP contribution in [0.2, 0.25) is 0 Å². The fraction of sp³-hybridized carbons (Fsp3) is 0.200. The maximum Gasteiger partial charge on any atom is 0.264 e. The molecule has 2 heterocycles. The Morgan fingerprint density at radius 2 is 1.54 bits per heavy atom. The van der Waals surface area contributed by atoms with Crippen molar-refractivity contribution in [2.45, 2.75) is 24.2 Å². The van der Waals surface area contributed by atoms with E-state index in [1.165, 1.54) is 36.7 Å². The molecule has 1 aromatic carbocycles. The zero-order valence-corrected chi connectivity index (χ0v) is 13.4. The Kier molecular flexibility index (Phi) is 4.26. The van der Waals surface area contributed by atoms with E-state index in [9.17, 15) is 18.0 Å². The van der Waals surface area contributed by atoms with Gasteiger partial charge in [0.2, 0.25) is 17.8 Å². The van der Waals surface area contributed by atoms with Crippen molar-refractivity contribution in [3.8, 4) is 0 Å². The molecule has 2 amide bonds. The highest BCUT2D eigenvalue weighted by Gasteiger charge is 2.27. The summed E-state index contributed by atoms with van der Waals surface area (Å²) in [5.74, 6) is -0.599. The molecule has 1 saturated heterocycles. The van der Waals surface area contributed by atoms with Crippen LogP contribution in [0.25, 0.3) is 0 Å². The molecule has 0 aliphatic carbocycles. The highest BCUT2D eigenvalue weighted by Crippen LogP contribution is 2.24. The van der Waals surface area contributed by atoms with E-state index in [1.807, 2.05) is 0 Å². The Labute approximate surface area is 138 Å². The van der Waals surface area contributed by atoms with E-state index in [4.69, 9.17) is 0 Å². The molecule has 2 aromatic rings. The Balaban J connectivity index is 1.83. The van der Waals surface area contributed by atoms with E-state index < -0.39 is 10.0 Å². The van der Waals surface area contributed by atoms with Crippen molar-refractivity contribution < 1.29 is 18.0 Å². The van der Waals surface area contributed by atoms with Crippen LogP contribution in [0, 0.1) is 0 Å². The lowest BCUT2D eigenvalue weighted by molar-refractivity contribution is -0.129. The first-order valence-corrected chi connectivity index (χ1v) is 8.71. The van der Waals surface area contributed by atoms with Crippen LogP contribution < -0.4 is 9.62 Å². The van der Waals surface area contributed by atoms with Crippen molar-refractivity contribution in [1.29, 1.82) is 0 Å². The Bertz CT molecular complexity index is 850. The van der Waals surface area contributed by atoms with Gasteiger partial charge >= 0.3 is 0 Å². The lowest BCUT2D eigenvalue weighted by atomic mass is 10.1. The molecule has 1 aliphatic heterocycles. The first-order chi connectivity index (χ1) is 11.5. The summed E-state index contributed by atoms with van der Waals surface area (Å²) < 4.78 is 26.8. The van der Waals surface area contributed by atoms with E-state index in [0.717, 1.165) is 4.90 Å². The third kappa shape index (κ3) is 3.25. The minimum Gasteiger partial charge on any atom is -0.274 e. The van der Waals surface area contributed by atoms with E-state index >= 15 is 0 Å². The second kappa shape index (κ2) is 6.36. The van der Waals surface area contributed by atoms with Crippen molar-refractivity contribution in [2.24, 2.45) is 0 Å². The fourth-order valence-electron chi connectivity index (χ4n) is 2.35. The number of benzene rings is 1. The fourth-order valence-corrected chi connectivity index (χ4v) is 3.30. The topological polar surface area (TPSA) is 109 Å². The number of anilines is 2. The van der Waals surface area contributed by atoms with Crippen molar-refractivity contribution in [3.05, 3.63) is 42.7 Å². The highest BCUT2D eigenvalue weighted by molar-refractivity contribution is 7.92. The second-order valence-electron chi connectivity index (χ2n) is 5.15. The van der Waals surface area contributed by atoms with Crippen molar-refractivity contribution in [2.75, 3.05) is 9.62 Å². The van der Waals surface area contributed by atoms with Crippen LogP contribution in [-0.2, 0) is 19.6 Å². The molecule has 9 heteroatoms. The van der Waals surface area contributed by atoms with Crippen LogP contribution in [0.5, 0.6) is 0 Å². The smallest absolute Gasteiger partial charge is 0.264 e. The van der Waals surface area contributed by atoms with Gasteiger partial charge in [-0.2, -0.15) is 0 Å². The summed E-state index contributed by atoms with van der Waals surface area (Å²) in [6.45, 7) is 0. The van der Waals surface area contributed by atoms with Gasteiger partial charge in [-0.05, 0) is 36.8 Å². The quantitative estimate of drug-likeness (QED) is 0.836. The monoisotopic (exact) mass is 346 g/mol. The molecule has 0 radical (unpaired) electrons. The zero-order valence-electron chi connectivity index (χ0n) is 12.5. The van der Waals surface area contributed by atoms with Crippen molar-refractivity contribution in [1.82, 2.24) is 9.97 Å². The van der Waals surface area contributed by atoms with Gasteiger partial charge in [-0.1, -0.05) is 0 Å². The van der Waals surface area contributed by atoms with Gasteiger partial charge in [0, 0.05) is 25.2 Å². The number of sulfonamides is 1. The molecule has 0 atom stereocenters. The first kappa shape index (κ1) is 16.1. The number of carbonyl (C=O) groups excluding carboxylic acids is 2. The SMILES string of the molecule is O=C1CCCC(=O)N1c1ccc(S(=O)(=O)Nc2ncccn2)cc1. The van der Waals surface area contributed by atoms with Crippen LogP contribution in [0.3, 0.4) is 0 Å². The summed E-state index contributed by atoms with van der Waals surface area (Å²) in [6, 6.07) is 7.09. The van der Waals surface area contributed by atoms with E-state index in [0.29, 0.717) is 24.9 Å². The summed E-state index contributed by atoms with van der Waals surface area (Å²) in [6.07, 6.45) is 3.99. The van der Waals surface area contributed by atoms with Gasteiger partial charge in [0.1, 0.15) is 0 Å². The Hall–Kier alpha value is -2.81. The number of piperidine rings is 1. The van der Waals surface area contributed by atoms with Gasteiger partial charge in [-0.3, -0.25) is 14.5 Å². The molecule has 124 valence electrons. The molecule has 1 aromatic heterocycles. The lowest BCUT2D eigenvalue weighted by Crippen LogP contribution is -2.40. The largest absolute Gasteiger partial charge is 0.274 e. The summed E-state index contributed by atoms with van der Waals surface area (Å²) in [4.78, 5) is 32.4. The van der Waals surface area contributed by atoms with Gasteiger partial charge < -0.3 is 0 Å². The van der Waals surface area contributed by atoms with Crippen LogP contribution >= 0.6 is 0 Å². The van der Waals surface area contributed by atoms with Crippen molar-refractivity contribution >= 4 is 33.5 Å². The number of amides is 2. The van der Waals surface area contributed by atoms with E-state index in [2.05, 4.69) is 14.7 Å². The zero-order chi connectivity index (χ0) is 17.2. The number of aromatic nitrogens is 2. The summed E-state index contributed by atoms with van der Waals surface area (Å²) in [7, 11) is -3.85. The normalized spacial score (nSPS) is 15.4. The molecular weight excluding hydrogens is 332 g/mol. The minimum absolute atomic E-state index is 0.0180. The number of hydrogen-bond donors (Lipinski definition) is 1. The summed E-state index contributed by atoms with van der Waals surface area (Å²) >= 11 is 0. The van der Waals surface area contributed by atoms with E-state index in [-0.39, 0.29) is 22.7 Å². The number of carbonyl (C=O) groups is 2. The predicted octanol–water partition coefficient (Wildman–Crippen LogP) is 1.32. The number of nitrogens with zero attached hydrogens (tertiary/aromatic N) is 3. The molecular formula is C15H14N4O4S. The Morgan fingerprint density at radius 3 is 2.12 bits per heavy atom. The van der Waals surface area contributed by atoms with Gasteiger partial charge in [-0.25, -0.2) is 23.1 Å². The molecule has 1 N–H and O–H groups in total. The third-order valence-corrected chi connectivity index (χ3v) is 4.82. The van der Waals surface area contributed by atoms with Crippen LogP contribution in [0.4, 0.5) is 11.6 Å². The molecule has 1 aliphatic rings. The van der Waals surface area contributed by atoms with Crippen LogP contribution in [-0.4, -0.2) is 30.2 Å². The van der Waals surface area contributed by atoms with Gasteiger partial charge in [0.15, 0.2) is 0 Å². The van der Waals surface area contributed by atoms with Crippen molar-refractivity contribution in [3.63, 3.8) is 0 Å². The highest BCUT2D eigenvalue weighted by atomic mass is 32.2. The summed E-state index contributed by atoms with van der Waals surface area (Å²) in [5, 5.41) is 0. The number of nitrogens with one attached hydrogen (secondary N) is 1. The maximum absolute atomic E-state index is 12.3. The van der Waals surface area contributed by atoms with Gasteiger partial charge in [0.05, 0.1) is 10.6 Å². The van der Waals surface area contributed by atoms with E-state index in [1.54, 1.807) is 6.07 Å². The molecule has 0 bridgehead atoms. The molecule has 1 fully saturated rings.